The fraction of sp³-hybridized carbons (Fsp3) is 0.333. The van der Waals surface area contributed by atoms with Crippen LogP contribution in [0.5, 0.6) is 0 Å². The van der Waals surface area contributed by atoms with Crippen molar-refractivity contribution in [1.29, 1.82) is 0 Å². The highest BCUT2D eigenvalue weighted by Crippen LogP contribution is 2.30. The van der Waals surface area contributed by atoms with Crippen LogP contribution in [-0.2, 0) is 12.7 Å². The van der Waals surface area contributed by atoms with Crippen molar-refractivity contribution in [3.63, 3.8) is 0 Å². The zero-order valence-electron chi connectivity index (χ0n) is 14.3. The largest absolute Gasteiger partial charge is 0.417 e. The van der Waals surface area contributed by atoms with E-state index in [1.807, 2.05) is 16.3 Å². The summed E-state index contributed by atoms with van der Waals surface area (Å²) >= 11 is 3.34. The number of aromatic nitrogens is 2. The SMILES string of the molecule is FC(F)(F)c1ccc(N2CCN(Cc3csc(-c4cccs4)n3)CC2)nc1. The molecule has 9 heteroatoms. The summed E-state index contributed by atoms with van der Waals surface area (Å²) < 4.78 is 37.9. The second-order valence-electron chi connectivity index (χ2n) is 6.29. The molecular formula is C18H17F3N4S2. The molecule has 3 aromatic heterocycles. The van der Waals surface area contributed by atoms with Gasteiger partial charge < -0.3 is 4.90 Å². The predicted molar refractivity (Wildman–Crippen MR) is 102 cm³/mol. The second-order valence-corrected chi connectivity index (χ2v) is 8.09. The smallest absolute Gasteiger partial charge is 0.354 e. The van der Waals surface area contributed by atoms with E-state index in [0.29, 0.717) is 5.82 Å². The molecule has 0 atom stereocenters. The van der Waals surface area contributed by atoms with Crippen molar-refractivity contribution >= 4 is 28.5 Å². The first-order valence-electron chi connectivity index (χ1n) is 8.48. The van der Waals surface area contributed by atoms with Crippen molar-refractivity contribution in [2.45, 2.75) is 12.7 Å². The molecule has 1 aliphatic rings. The van der Waals surface area contributed by atoms with E-state index >= 15 is 0 Å². The lowest BCUT2D eigenvalue weighted by Gasteiger charge is -2.35. The Balaban J connectivity index is 1.33. The number of halogens is 3. The first-order chi connectivity index (χ1) is 13.0. The van der Waals surface area contributed by atoms with E-state index in [0.717, 1.165) is 55.7 Å². The van der Waals surface area contributed by atoms with E-state index in [9.17, 15) is 13.2 Å². The fourth-order valence-corrected chi connectivity index (χ4v) is 4.62. The van der Waals surface area contributed by atoms with Crippen molar-refractivity contribution in [3.05, 3.63) is 52.5 Å². The summed E-state index contributed by atoms with van der Waals surface area (Å²) in [5.74, 6) is 0.594. The average molecular weight is 410 g/mol. The third-order valence-corrected chi connectivity index (χ3v) is 6.37. The summed E-state index contributed by atoms with van der Waals surface area (Å²) in [4.78, 5) is 14.2. The molecule has 0 radical (unpaired) electrons. The maximum Gasteiger partial charge on any atom is 0.417 e. The van der Waals surface area contributed by atoms with Gasteiger partial charge in [-0.15, -0.1) is 22.7 Å². The molecule has 0 unspecified atom stereocenters. The molecule has 1 saturated heterocycles. The quantitative estimate of drug-likeness (QED) is 0.629. The van der Waals surface area contributed by atoms with E-state index in [-0.39, 0.29) is 0 Å². The predicted octanol–water partition coefficient (Wildman–Crippen LogP) is 4.61. The molecule has 1 aliphatic heterocycles. The van der Waals surface area contributed by atoms with Crippen LogP contribution in [0.4, 0.5) is 19.0 Å². The maximum atomic E-state index is 12.6. The lowest BCUT2D eigenvalue weighted by atomic mass is 10.2. The molecule has 4 nitrogen and oxygen atoms in total. The van der Waals surface area contributed by atoms with Crippen LogP contribution in [-0.4, -0.2) is 41.0 Å². The van der Waals surface area contributed by atoms with Gasteiger partial charge in [0.15, 0.2) is 0 Å². The second kappa shape index (κ2) is 7.57. The van der Waals surface area contributed by atoms with Gasteiger partial charge in [-0.25, -0.2) is 9.97 Å². The summed E-state index contributed by atoms with van der Waals surface area (Å²) in [6.07, 6.45) is -3.44. The van der Waals surface area contributed by atoms with E-state index in [1.54, 1.807) is 22.7 Å². The monoisotopic (exact) mass is 410 g/mol. The van der Waals surface area contributed by atoms with Crippen LogP contribution < -0.4 is 4.90 Å². The van der Waals surface area contributed by atoms with E-state index in [2.05, 4.69) is 21.3 Å². The molecular weight excluding hydrogens is 393 g/mol. The number of thiophene rings is 1. The minimum atomic E-state index is -4.35. The Labute approximate surface area is 162 Å². The van der Waals surface area contributed by atoms with Crippen molar-refractivity contribution < 1.29 is 13.2 Å². The lowest BCUT2D eigenvalue weighted by Crippen LogP contribution is -2.46. The summed E-state index contributed by atoms with van der Waals surface area (Å²) in [6, 6.07) is 6.64. The number of thiazole rings is 1. The lowest BCUT2D eigenvalue weighted by molar-refractivity contribution is -0.137. The van der Waals surface area contributed by atoms with E-state index in [1.165, 1.54) is 10.9 Å². The molecule has 142 valence electrons. The van der Waals surface area contributed by atoms with Gasteiger partial charge in [0.25, 0.3) is 0 Å². The van der Waals surface area contributed by atoms with Gasteiger partial charge in [-0.3, -0.25) is 4.90 Å². The summed E-state index contributed by atoms with van der Waals surface area (Å²) in [7, 11) is 0. The molecule has 0 N–H and O–H groups in total. The number of rotatable bonds is 4. The van der Waals surface area contributed by atoms with E-state index < -0.39 is 11.7 Å². The molecule has 0 aromatic carbocycles. The molecule has 3 aromatic rings. The number of anilines is 1. The van der Waals surface area contributed by atoms with Gasteiger partial charge in [0.1, 0.15) is 10.8 Å². The number of nitrogens with zero attached hydrogens (tertiary/aromatic N) is 4. The highest BCUT2D eigenvalue weighted by molar-refractivity contribution is 7.20. The summed E-state index contributed by atoms with van der Waals surface area (Å²) in [6.45, 7) is 3.92. The first kappa shape index (κ1) is 18.4. The fourth-order valence-electron chi connectivity index (χ4n) is 3.00. The Bertz CT molecular complexity index is 867. The molecule has 1 fully saturated rings. The number of hydrogen-bond acceptors (Lipinski definition) is 6. The number of hydrogen-bond donors (Lipinski definition) is 0. The van der Waals surface area contributed by atoms with Gasteiger partial charge in [0, 0.05) is 44.3 Å². The Morgan fingerprint density at radius 1 is 1.04 bits per heavy atom. The molecule has 0 aliphatic carbocycles. The van der Waals surface area contributed by atoms with Crippen molar-refractivity contribution in [1.82, 2.24) is 14.9 Å². The highest BCUT2D eigenvalue weighted by atomic mass is 32.1. The van der Waals surface area contributed by atoms with Gasteiger partial charge in [-0.2, -0.15) is 13.2 Å². The molecule has 0 saturated carbocycles. The molecule has 0 spiro atoms. The Hall–Kier alpha value is -1.97. The van der Waals surface area contributed by atoms with Crippen LogP contribution in [0.1, 0.15) is 11.3 Å². The molecule has 27 heavy (non-hydrogen) atoms. The third kappa shape index (κ3) is 4.31. The van der Waals surface area contributed by atoms with Crippen molar-refractivity contribution in [3.8, 4) is 9.88 Å². The maximum absolute atomic E-state index is 12.6. The topological polar surface area (TPSA) is 32.3 Å². The first-order valence-corrected chi connectivity index (χ1v) is 10.2. The van der Waals surface area contributed by atoms with Crippen LogP contribution in [0.25, 0.3) is 9.88 Å². The Kier molecular flexibility index (Phi) is 5.16. The van der Waals surface area contributed by atoms with Gasteiger partial charge in [-0.05, 0) is 23.6 Å². The number of pyridine rings is 1. The molecule has 4 rings (SSSR count). The third-order valence-electron chi connectivity index (χ3n) is 4.44. The van der Waals surface area contributed by atoms with Crippen LogP contribution in [0.2, 0.25) is 0 Å². The van der Waals surface area contributed by atoms with Crippen LogP contribution >= 0.6 is 22.7 Å². The normalized spacial score (nSPS) is 16.0. The van der Waals surface area contributed by atoms with Gasteiger partial charge in [-0.1, -0.05) is 6.07 Å². The molecule has 0 bridgehead atoms. The van der Waals surface area contributed by atoms with E-state index in [4.69, 9.17) is 4.98 Å². The van der Waals surface area contributed by atoms with Crippen LogP contribution in [0.3, 0.4) is 0 Å². The minimum absolute atomic E-state index is 0.594. The zero-order chi connectivity index (χ0) is 18.9. The molecule has 4 heterocycles. The summed E-state index contributed by atoms with van der Waals surface area (Å²) in [5, 5.41) is 5.19. The Morgan fingerprint density at radius 2 is 1.85 bits per heavy atom. The highest BCUT2D eigenvalue weighted by Gasteiger charge is 2.31. The summed E-state index contributed by atoms with van der Waals surface area (Å²) in [5.41, 5.74) is 0.347. The van der Waals surface area contributed by atoms with Crippen LogP contribution in [0.15, 0.2) is 41.2 Å². The van der Waals surface area contributed by atoms with Gasteiger partial charge >= 0.3 is 6.18 Å². The molecule has 0 amide bonds. The van der Waals surface area contributed by atoms with Gasteiger partial charge in [0.2, 0.25) is 0 Å². The minimum Gasteiger partial charge on any atom is -0.354 e. The van der Waals surface area contributed by atoms with Crippen molar-refractivity contribution in [2.24, 2.45) is 0 Å². The number of piperazine rings is 1. The zero-order valence-corrected chi connectivity index (χ0v) is 15.9. The van der Waals surface area contributed by atoms with Crippen LogP contribution in [0, 0.1) is 0 Å². The average Bonchev–Trinajstić information content (AvgIpc) is 3.33. The standard InChI is InChI=1S/C18H17F3N4S2/c19-18(20,21)13-3-4-16(22-10-13)25-7-5-24(6-8-25)11-14-12-27-17(23-14)15-2-1-9-26-15/h1-4,9-10,12H,5-8,11H2. The van der Waals surface area contributed by atoms with Crippen molar-refractivity contribution in [2.75, 3.05) is 31.1 Å². The Morgan fingerprint density at radius 3 is 2.48 bits per heavy atom. The van der Waals surface area contributed by atoms with Gasteiger partial charge in [0.05, 0.1) is 16.1 Å². The number of alkyl halides is 3.